The summed E-state index contributed by atoms with van der Waals surface area (Å²) in [6.45, 7) is 1.03. The molecule has 5 rings (SSSR count). The van der Waals surface area contributed by atoms with Gasteiger partial charge in [-0.3, -0.25) is 9.48 Å². The fourth-order valence-corrected chi connectivity index (χ4v) is 5.31. The van der Waals surface area contributed by atoms with Crippen molar-refractivity contribution in [3.63, 3.8) is 0 Å². The molecular formula is C25H25F3N8O2S. The van der Waals surface area contributed by atoms with Crippen molar-refractivity contribution in [2.45, 2.75) is 19.0 Å². The fraction of sp³-hybridized carbons (Fsp3) is 0.320. The second-order valence-corrected chi connectivity index (χ2v) is 9.96. The molecule has 1 fully saturated rings. The third kappa shape index (κ3) is 5.86. The van der Waals surface area contributed by atoms with E-state index in [9.17, 15) is 18.0 Å². The summed E-state index contributed by atoms with van der Waals surface area (Å²) in [5, 5.41) is 16.2. The summed E-state index contributed by atoms with van der Waals surface area (Å²) in [5.41, 5.74) is 5.48. The normalized spacial score (nSPS) is 15.8. The molecule has 4 heterocycles. The molecule has 1 aromatic carbocycles. The Bertz CT molecular complexity index is 1460. The van der Waals surface area contributed by atoms with Crippen LogP contribution in [0.5, 0.6) is 11.5 Å². The lowest BCUT2D eigenvalue weighted by molar-refractivity contribution is -0.138. The second kappa shape index (κ2) is 11.0. The lowest BCUT2D eigenvalue weighted by Crippen LogP contribution is -2.40. The molecule has 1 aliphatic heterocycles. The highest BCUT2D eigenvalue weighted by molar-refractivity contribution is 7.13. The summed E-state index contributed by atoms with van der Waals surface area (Å²) in [4.78, 5) is 19.2. The van der Waals surface area contributed by atoms with Crippen LogP contribution in [0.15, 0.2) is 48.4 Å². The van der Waals surface area contributed by atoms with Crippen molar-refractivity contribution < 1.29 is 22.7 Å². The maximum atomic E-state index is 14.7. The number of aryl methyl sites for hydroxylation is 1. The maximum absolute atomic E-state index is 14.7. The highest BCUT2D eigenvalue weighted by Gasteiger charge is 2.41. The number of nitrogens with zero attached hydrogens (tertiary/aromatic N) is 6. The number of hydrogen-bond donors (Lipinski definition) is 2. The Hall–Kier alpha value is -4.04. The Labute approximate surface area is 225 Å². The quantitative estimate of drug-likeness (QED) is 0.338. The number of benzene rings is 1. The zero-order valence-electron chi connectivity index (χ0n) is 20.9. The number of alkyl halides is 3. The van der Waals surface area contributed by atoms with E-state index in [0.29, 0.717) is 36.6 Å². The van der Waals surface area contributed by atoms with Gasteiger partial charge in [-0.15, -0.1) is 11.3 Å². The second-order valence-electron chi connectivity index (χ2n) is 9.10. The highest BCUT2D eigenvalue weighted by atomic mass is 32.1. The molecule has 0 unspecified atom stereocenters. The molecule has 1 atom stereocenters. The number of thiazole rings is 1. The number of carbonyl (C=O) groups is 1. The Kier molecular flexibility index (Phi) is 7.48. The number of amides is 1. The molecule has 3 aromatic heterocycles. The number of ether oxygens (including phenoxy) is 1. The van der Waals surface area contributed by atoms with E-state index in [-0.39, 0.29) is 34.5 Å². The van der Waals surface area contributed by atoms with Gasteiger partial charge in [0.15, 0.2) is 5.75 Å². The number of aromatic nitrogens is 5. The zero-order chi connectivity index (χ0) is 27.6. The highest BCUT2D eigenvalue weighted by Crippen LogP contribution is 2.48. The molecule has 1 amide bonds. The number of anilines is 2. The van der Waals surface area contributed by atoms with Gasteiger partial charge in [0.25, 0.3) is 5.91 Å². The van der Waals surface area contributed by atoms with Crippen LogP contribution in [-0.2, 0) is 13.2 Å². The number of nitrogens with one attached hydrogen (secondary N) is 1. The molecule has 204 valence electrons. The minimum atomic E-state index is -4.79. The smallest absolute Gasteiger partial charge is 0.422 e. The number of hydrogen-bond acceptors (Lipinski definition) is 9. The van der Waals surface area contributed by atoms with Crippen LogP contribution in [0.4, 0.5) is 24.5 Å². The van der Waals surface area contributed by atoms with Crippen LogP contribution in [0.3, 0.4) is 0 Å². The first-order valence-electron chi connectivity index (χ1n) is 12.1. The molecule has 39 heavy (non-hydrogen) atoms. The average molecular weight is 559 g/mol. The SMILES string of the molecule is Cn1cc(Oc2ccc(NC(=O)c3csc(-c4ccnnc4)n3)c(N3CCC[C@@H](CN)C3)c2C(F)(F)F)cn1. The monoisotopic (exact) mass is 558 g/mol. The summed E-state index contributed by atoms with van der Waals surface area (Å²) in [7, 11) is 1.64. The van der Waals surface area contributed by atoms with Crippen LogP contribution in [0, 0.1) is 5.92 Å². The van der Waals surface area contributed by atoms with Crippen molar-refractivity contribution in [1.82, 2.24) is 25.0 Å². The summed E-state index contributed by atoms with van der Waals surface area (Å²) in [6, 6.07) is 4.32. The molecule has 0 bridgehead atoms. The van der Waals surface area contributed by atoms with Crippen LogP contribution in [0.1, 0.15) is 28.9 Å². The van der Waals surface area contributed by atoms with Crippen LogP contribution in [-0.4, -0.2) is 50.5 Å². The van der Waals surface area contributed by atoms with Crippen molar-refractivity contribution in [2.75, 3.05) is 29.9 Å². The lowest BCUT2D eigenvalue weighted by atomic mass is 9.96. The van der Waals surface area contributed by atoms with Crippen molar-refractivity contribution >= 4 is 28.6 Å². The number of carbonyl (C=O) groups excluding carboxylic acids is 1. The van der Waals surface area contributed by atoms with Gasteiger partial charge < -0.3 is 20.7 Å². The largest absolute Gasteiger partial charge is 0.453 e. The van der Waals surface area contributed by atoms with Crippen LogP contribution < -0.4 is 20.7 Å². The van der Waals surface area contributed by atoms with Gasteiger partial charge in [-0.2, -0.15) is 28.5 Å². The van der Waals surface area contributed by atoms with Crippen LogP contribution in [0.25, 0.3) is 10.6 Å². The van der Waals surface area contributed by atoms with Crippen molar-refractivity contribution in [1.29, 1.82) is 0 Å². The van der Waals surface area contributed by atoms with Crippen LogP contribution >= 0.6 is 11.3 Å². The van der Waals surface area contributed by atoms with E-state index in [2.05, 4.69) is 25.6 Å². The van der Waals surface area contributed by atoms with E-state index in [4.69, 9.17) is 10.5 Å². The van der Waals surface area contributed by atoms with Gasteiger partial charge in [0.05, 0.1) is 36.2 Å². The average Bonchev–Trinajstić information content (AvgIpc) is 3.58. The topological polar surface area (TPSA) is 124 Å². The molecule has 1 aliphatic rings. The fourth-order valence-electron chi connectivity index (χ4n) is 4.51. The summed E-state index contributed by atoms with van der Waals surface area (Å²) in [5.74, 6) is -0.854. The van der Waals surface area contributed by atoms with Gasteiger partial charge in [-0.1, -0.05) is 0 Å². The molecule has 0 radical (unpaired) electrons. The number of piperidine rings is 1. The van der Waals surface area contributed by atoms with E-state index < -0.39 is 17.6 Å². The Morgan fingerprint density at radius 2 is 2.10 bits per heavy atom. The minimum absolute atomic E-state index is 0.00339. The van der Waals surface area contributed by atoms with Crippen LogP contribution in [0.2, 0.25) is 0 Å². The first-order chi connectivity index (χ1) is 18.7. The first-order valence-corrected chi connectivity index (χ1v) is 13.0. The van der Waals surface area contributed by atoms with E-state index >= 15 is 0 Å². The predicted octanol–water partition coefficient (Wildman–Crippen LogP) is 4.57. The van der Waals surface area contributed by atoms with E-state index in [1.807, 2.05) is 0 Å². The summed E-state index contributed by atoms with van der Waals surface area (Å²) in [6.07, 6.45) is 2.51. The molecule has 0 aliphatic carbocycles. The Morgan fingerprint density at radius 3 is 2.79 bits per heavy atom. The third-order valence-electron chi connectivity index (χ3n) is 6.32. The lowest BCUT2D eigenvalue weighted by Gasteiger charge is -2.37. The standard InChI is InChI=1S/C25H25F3N8O2S/c1-35-13-17(11-32-35)38-20-5-4-18(22(21(20)25(26,27)28)36-8-2-3-15(9-29)12-36)33-23(37)19-14-39-24(34-19)16-6-7-30-31-10-16/h4-7,10-11,13-15H,2-3,8-9,12,29H2,1H3,(H,33,37)/t15-/m0/s1. The van der Waals surface area contributed by atoms with Gasteiger partial charge in [0.1, 0.15) is 22.0 Å². The molecule has 4 aromatic rings. The van der Waals surface area contributed by atoms with E-state index in [1.54, 1.807) is 23.4 Å². The molecule has 1 saturated heterocycles. The Balaban J connectivity index is 1.55. The van der Waals surface area contributed by atoms with Crippen molar-refractivity contribution in [2.24, 2.45) is 18.7 Å². The maximum Gasteiger partial charge on any atom is 0.422 e. The molecule has 14 heteroatoms. The van der Waals surface area contributed by atoms with Gasteiger partial charge in [-0.25, -0.2) is 4.98 Å². The van der Waals surface area contributed by atoms with Crippen molar-refractivity contribution in [3.05, 3.63) is 59.6 Å². The molecule has 3 N–H and O–H groups in total. The van der Waals surface area contributed by atoms with Gasteiger partial charge >= 0.3 is 6.18 Å². The summed E-state index contributed by atoms with van der Waals surface area (Å²) >= 11 is 1.22. The molecule has 0 spiro atoms. The minimum Gasteiger partial charge on any atom is -0.453 e. The van der Waals surface area contributed by atoms with Gasteiger partial charge in [0.2, 0.25) is 0 Å². The van der Waals surface area contributed by atoms with E-state index in [0.717, 1.165) is 6.42 Å². The predicted molar refractivity (Wildman–Crippen MR) is 140 cm³/mol. The van der Waals surface area contributed by atoms with Crippen molar-refractivity contribution in [3.8, 4) is 22.1 Å². The summed E-state index contributed by atoms with van der Waals surface area (Å²) < 4.78 is 51.2. The van der Waals surface area contributed by atoms with Gasteiger partial charge in [0, 0.05) is 31.1 Å². The Morgan fingerprint density at radius 1 is 1.26 bits per heavy atom. The first kappa shape index (κ1) is 26.6. The number of halogens is 3. The zero-order valence-corrected chi connectivity index (χ0v) is 21.7. The van der Waals surface area contributed by atoms with Gasteiger partial charge in [-0.05, 0) is 43.5 Å². The third-order valence-corrected chi connectivity index (χ3v) is 7.21. The van der Waals surface area contributed by atoms with E-state index in [1.165, 1.54) is 52.9 Å². The molecule has 10 nitrogen and oxygen atoms in total. The number of nitrogens with two attached hydrogens (primary N) is 1. The number of rotatable bonds is 7. The molecular weight excluding hydrogens is 533 g/mol. The molecule has 0 saturated carbocycles.